The molecule has 24 heavy (non-hydrogen) atoms. The second-order valence-corrected chi connectivity index (χ2v) is 5.79. The number of benzene rings is 1. The Balaban J connectivity index is 0.00000288. The van der Waals surface area contributed by atoms with E-state index < -0.39 is 0 Å². The zero-order valence-corrected chi connectivity index (χ0v) is 17.0. The maximum Gasteiger partial charge on any atom is 0.191 e. The number of guanidine groups is 1. The zero-order valence-electron chi connectivity index (χ0n) is 14.7. The van der Waals surface area contributed by atoms with E-state index in [2.05, 4.69) is 46.8 Å². The van der Waals surface area contributed by atoms with Crippen LogP contribution in [0.2, 0.25) is 0 Å². The van der Waals surface area contributed by atoms with Crippen LogP contribution in [0.4, 0.5) is 0 Å². The predicted octanol–water partition coefficient (Wildman–Crippen LogP) is 3.08. The fourth-order valence-electron chi connectivity index (χ4n) is 2.46. The fraction of sp³-hybridized carbons (Fsp3) is 0.611. The van der Waals surface area contributed by atoms with Crippen LogP contribution in [-0.4, -0.2) is 38.9 Å². The minimum Gasteiger partial charge on any atom is -0.381 e. The summed E-state index contributed by atoms with van der Waals surface area (Å²) in [5.74, 6) is 0.846. The molecule has 1 aromatic rings. The molecule has 1 aliphatic heterocycles. The van der Waals surface area contributed by atoms with Gasteiger partial charge in [-0.15, -0.1) is 24.0 Å². The third-order valence-corrected chi connectivity index (χ3v) is 3.90. The third-order valence-electron chi connectivity index (χ3n) is 3.90. The molecule has 1 fully saturated rings. The van der Waals surface area contributed by atoms with Gasteiger partial charge in [0.05, 0.1) is 12.7 Å². The third kappa shape index (κ3) is 7.81. The molecule has 1 aromatic carbocycles. The maximum absolute atomic E-state index is 5.94. The molecular formula is C18H30IN3O2. The van der Waals surface area contributed by atoms with Crippen LogP contribution < -0.4 is 10.6 Å². The van der Waals surface area contributed by atoms with E-state index in [1.54, 1.807) is 7.05 Å². The first-order valence-electron chi connectivity index (χ1n) is 8.53. The van der Waals surface area contributed by atoms with Crippen LogP contribution in [0, 0.1) is 0 Å². The Hall–Kier alpha value is -0.860. The Bertz CT molecular complexity index is 474. The van der Waals surface area contributed by atoms with E-state index in [-0.39, 0.29) is 24.0 Å². The van der Waals surface area contributed by atoms with Crippen LogP contribution in [0.5, 0.6) is 0 Å². The first-order valence-corrected chi connectivity index (χ1v) is 8.53. The second kappa shape index (κ2) is 12.5. The first-order chi connectivity index (χ1) is 11.3. The number of rotatable bonds is 7. The number of nitrogens with one attached hydrogen (secondary N) is 2. The number of ether oxygens (including phenoxy) is 2. The van der Waals surface area contributed by atoms with Gasteiger partial charge in [-0.3, -0.25) is 4.99 Å². The highest BCUT2D eigenvalue weighted by molar-refractivity contribution is 14.0. The summed E-state index contributed by atoms with van der Waals surface area (Å²) in [5.41, 5.74) is 2.45. The van der Waals surface area contributed by atoms with Crippen molar-refractivity contribution >= 4 is 29.9 Å². The quantitative estimate of drug-likeness (QED) is 0.383. The van der Waals surface area contributed by atoms with Gasteiger partial charge in [0.1, 0.15) is 0 Å². The van der Waals surface area contributed by atoms with Crippen LogP contribution in [-0.2, 0) is 22.6 Å². The summed E-state index contributed by atoms with van der Waals surface area (Å²) in [5, 5.41) is 6.58. The Kier molecular flexibility index (Phi) is 11.0. The molecular weight excluding hydrogens is 417 g/mol. The molecule has 1 saturated heterocycles. The van der Waals surface area contributed by atoms with Gasteiger partial charge in [0, 0.05) is 33.4 Å². The number of hydrogen-bond acceptors (Lipinski definition) is 3. The summed E-state index contributed by atoms with van der Waals surface area (Å²) in [6.07, 6.45) is 3.44. The molecule has 0 aromatic heterocycles. The standard InChI is InChI=1S/C18H29N3O2.HI/c1-3-10-20-18(19-2)21-13-15-4-6-16(7-5-15)14-23-17-8-11-22-12-9-17;/h4-7,17H,3,8-14H2,1-2H3,(H2,19,20,21);1H. The van der Waals surface area contributed by atoms with Gasteiger partial charge in [-0.2, -0.15) is 0 Å². The topological polar surface area (TPSA) is 54.9 Å². The summed E-state index contributed by atoms with van der Waals surface area (Å²) >= 11 is 0. The van der Waals surface area contributed by atoms with Crippen molar-refractivity contribution in [3.8, 4) is 0 Å². The summed E-state index contributed by atoms with van der Waals surface area (Å²) in [7, 11) is 1.79. The van der Waals surface area contributed by atoms with E-state index in [0.717, 1.165) is 51.5 Å². The monoisotopic (exact) mass is 447 g/mol. The number of nitrogens with zero attached hydrogens (tertiary/aromatic N) is 1. The predicted molar refractivity (Wildman–Crippen MR) is 109 cm³/mol. The fourth-order valence-corrected chi connectivity index (χ4v) is 2.46. The van der Waals surface area contributed by atoms with Crippen LogP contribution in [0.1, 0.15) is 37.3 Å². The molecule has 0 bridgehead atoms. The molecule has 1 heterocycles. The minimum atomic E-state index is 0. The van der Waals surface area contributed by atoms with Gasteiger partial charge < -0.3 is 20.1 Å². The Morgan fingerprint density at radius 1 is 1.17 bits per heavy atom. The van der Waals surface area contributed by atoms with Gasteiger partial charge >= 0.3 is 0 Å². The van der Waals surface area contributed by atoms with Crippen molar-refractivity contribution in [1.82, 2.24) is 10.6 Å². The van der Waals surface area contributed by atoms with Gasteiger partial charge in [0.25, 0.3) is 0 Å². The van der Waals surface area contributed by atoms with Crippen molar-refractivity contribution < 1.29 is 9.47 Å². The molecule has 136 valence electrons. The Morgan fingerprint density at radius 3 is 2.46 bits per heavy atom. The van der Waals surface area contributed by atoms with E-state index in [1.165, 1.54) is 11.1 Å². The molecule has 0 spiro atoms. The van der Waals surface area contributed by atoms with Gasteiger partial charge in [-0.1, -0.05) is 31.2 Å². The summed E-state index contributed by atoms with van der Waals surface area (Å²) in [6.45, 7) is 6.16. The van der Waals surface area contributed by atoms with Crippen molar-refractivity contribution in [2.75, 3.05) is 26.8 Å². The van der Waals surface area contributed by atoms with Gasteiger partial charge in [-0.05, 0) is 30.4 Å². The molecule has 0 atom stereocenters. The largest absolute Gasteiger partial charge is 0.381 e. The minimum absolute atomic E-state index is 0. The van der Waals surface area contributed by atoms with Crippen molar-refractivity contribution in [2.24, 2.45) is 4.99 Å². The molecule has 0 aliphatic carbocycles. The lowest BCUT2D eigenvalue weighted by atomic mass is 10.1. The van der Waals surface area contributed by atoms with E-state index in [1.807, 2.05) is 0 Å². The Morgan fingerprint density at radius 2 is 1.83 bits per heavy atom. The highest BCUT2D eigenvalue weighted by Gasteiger charge is 2.13. The SMILES string of the molecule is CCCNC(=NC)NCc1ccc(COC2CCOCC2)cc1.I. The van der Waals surface area contributed by atoms with Crippen molar-refractivity contribution in [3.05, 3.63) is 35.4 Å². The van der Waals surface area contributed by atoms with Crippen molar-refractivity contribution in [3.63, 3.8) is 0 Å². The molecule has 2 N–H and O–H groups in total. The Labute approximate surface area is 162 Å². The lowest BCUT2D eigenvalue weighted by Crippen LogP contribution is -2.37. The van der Waals surface area contributed by atoms with Crippen molar-refractivity contribution in [1.29, 1.82) is 0 Å². The van der Waals surface area contributed by atoms with Gasteiger partial charge in [0.2, 0.25) is 0 Å². The molecule has 6 heteroatoms. The van der Waals surface area contributed by atoms with Crippen LogP contribution in [0.3, 0.4) is 0 Å². The summed E-state index contributed by atoms with van der Waals surface area (Å²) in [4.78, 5) is 4.20. The molecule has 1 aliphatic rings. The number of aliphatic imine (C=N–C) groups is 1. The smallest absolute Gasteiger partial charge is 0.191 e. The summed E-state index contributed by atoms with van der Waals surface area (Å²) in [6, 6.07) is 8.56. The molecule has 0 amide bonds. The van der Waals surface area contributed by atoms with E-state index in [0.29, 0.717) is 12.7 Å². The van der Waals surface area contributed by atoms with Crippen LogP contribution >= 0.6 is 24.0 Å². The molecule has 5 nitrogen and oxygen atoms in total. The number of halogens is 1. The van der Waals surface area contributed by atoms with Crippen LogP contribution in [0.15, 0.2) is 29.3 Å². The maximum atomic E-state index is 5.94. The first kappa shape index (κ1) is 21.2. The molecule has 0 saturated carbocycles. The zero-order chi connectivity index (χ0) is 16.3. The summed E-state index contributed by atoms with van der Waals surface area (Å²) < 4.78 is 11.3. The average molecular weight is 447 g/mol. The normalized spacial score (nSPS) is 15.7. The average Bonchev–Trinajstić information content (AvgIpc) is 2.62. The van der Waals surface area contributed by atoms with E-state index >= 15 is 0 Å². The second-order valence-electron chi connectivity index (χ2n) is 5.79. The highest BCUT2D eigenvalue weighted by atomic mass is 127. The lowest BCUT2D eigenvalue weighted by molar-refractivity contribution is -0.0390. The van der Waals surface area contributed by atoms with E-state index in [9.17, 15) is 0 Å². The molecule has 0 unspecified atom stereocenters. The van der Waals surface area contributed by atoms with Crippen molar-refractivity contribution in [2.45, 2.75) is 45.4 Å². The van der Waals surface area contributed by atoms with Gasteiger partial charge in [-0.25, -0.2) is 0 Å². The van der Waals surface area contributed by atoms with Gasteiger partial charge in [0.15, 0.2) is 5.96 Å². The van der Waals surface area contributed by atoms with Crippen LogP contribution in [0.25, 0.3) is 0 Å². The number of hydrogen-bond donors (Lipinski definition) is 2. The lowest BCUT2D eigenvalue weighted by Gasteiger charge is -2.22. The molecule has 0 radical (unpaired) electrons. The van der Waals surface area contributed by atoms with E-state index in [4.69, 9.17) is 9.47 Å². The highest BCUT2D eigenvalue weighted by Crippen LogP contribution is 2.14. The molecule has 2 rings (SSSR count).